The van der Waals surface area contributed by atoms with Gasteiger partial charge >= 0.3 is 0 Å². The predicted molar refractivity (Wildman–Crippen MR) is 80.3 cm³/mol. The standard InChI is InChI=1S/C15H15BrN2/c16-12-5-7-15(14(17)9-12)18-13-6-4-10-2-1-3-11(10)8-13/h4-9,18H,1-3,17H2. The fourth-order valence-corrected chi connectivity index (χ4v) is 2.83. The molecule has 3 N–H and O–H groups in total. The first-order valence-electron chi connectivity index (χ1n) is 6.16. The zero-order chi connectivity index (χ0) is 12.5. The van der Waals surface area contributed by atoms with E-state index in [2.05, 4.69) is 39.4 Å². The Kier molecular flexibility index (Phi) is 3.00. The normalized spacial score (nSPS) is 13.4. The van der Waals surface area contributed by atoms with Gasteiger partial charge in [0.1, 0.15) is 0 Å². The van der Waals surface area contributed by atoms with Crippen molar-refractivity contribution in [2.45, 2.75) is 19.3 Å². The van der Waals surface area contributed by atoms with Crippen molar-refractivity contribution in [3.63, 3.8) is 0 Å². The number of nitrogen functional groups attached to an aromatic ring is 1. The lowest BCUT2D eigenvalue weighted by atomic mass is 10.1. The van der Waals surface area contributed by atoms with Crippen molar-refractivity contribution in [3.05, 3.63) is 52.0 Å². The average Bonchev–Trinajstić information content (AvgIpc) is 2.80. The number of halogens is 1. The zero-order valence-corrected chi connectivity index (χ0v) is 11.6. The second-order valence-corrected chi connectivity index (χ2v) is 5.61. The lowest BCUT2D eigenvalue weighted by molar-refractivity contribution is 0.912. The summed E-state index contributed by atoms with van der Waals surface area (Å²) in [7, 11) is 0. The summed E-state index contributed by atoms with van der Waals surface area (Å²) >= 11 is 3.41. The molecular formula is C15H15BrN2. The Morgan fingerprint density at radius 2 is 1.83 bits per heavy atom. The lowest BCUT2D eigenvalue weighted by Gasteiger charge is -2.11. The van der Waals surface area contributed by atoms with Gasteiger partial charge in [-0.15, -0.1) is 0 Å². The van der Waals surface area contributed by atoms with Gasteiger partial charge in [-0.2, -0.15) is 0 Å². The maximum atomic E-state index is 5.99. The molecule has 0 fully saturated rings. The molecule has 0 heterocycles. The highest BCUT2D eigenvalue weighted by Gasteiger charge is 2.11. The molecule has 1 aliphatic rings. The molecule has 2 aromatic carbocycles. The Labute approximate surface area is 115 Å². The summed E-state index contributed by atoms with van der Waals surface area (Å²) in [5.74, 6) is 0. The molecule has 0 saturated carbocycles. The quantitative estimate of drug-likeness (QED) is 0.813. The molecule has 0 amide bonds. The minimum Gasteiger partial charge on any atom is -0.397 e. The van der Waals surface area contributed by atoms with Gasteiger partial charge < -0.3 is 11.1 Å². The van der Waals surface area contributed by atoms with Gasteiger partial charge in [-0.1, -0.05) is 22.0 Å². The molecule has 0 aromatic heterocycles. The van der Waals surface area contributed by atoms with Gasteiger partial charge in [0.25, 0.3) is 0 Å². The monoisotopic (exact) mass is 302 g/mol. The van der Waals surface area contributed by atoms with E-state index in [1.807, 2.05) is 18.2 Å². The van der Waals surface area contributed by atoms with Crippen LogP contribution < -0.4 is 11.1 Å². The third kappa shape index (κ3) is 2.23. The number of benzene rings is 2. The van der Waals surface area contributed by atoms with E-state index in [0.29, 0.717) is 0 Å². The number of nitrogens with one attached hydrogen (secondary N) is 1. The second kappa shape index (κ2) is 4.65. The van der Waals surface area contributed by atoms with Gasteiger partial charge in [0.05, 0.1) is 11.4 Å². The van der Waals surface area contributed by atoms with E-state index in [1.165, 1.54) is 30.4 Å². The van der Waals surface area contributed by atoms with Gasteiger partial charge in [-0.25, -0.2) is 0 Å². The molecular weight excluding hydrogens is 288 g/mol. The van der Waals surface area contributed by atoms with Crippen LogP contribution in [0.2, 0.25) is 0 Å². The first-order valence-corrected chi connectivity index (χ1v) is 6.95. The maximum absolute atomic E-state index is 5.99. The molecule has 2 nitrogen and oxygen atoms in total. The Hall–Kier alpha value is -1.48. The summed E-state index contributed by atoms with van der Waals surface area (Å²) in [6, 6.07) is 12.5. The van der Waals surface area contributed by atoms with E-state index in [4.69, 9.17) is 5.73 Å². The van der Waals surface area contributed by atoms with Crippen molar-refractivity contribution in [2.75, 3.05) is 11.1 Å². The Balaban J connectivity index is 1.88. The van der Waals surface area contributed by atoms with Gasteiger partial charge in [-0.3, -0.25) is 0 Å². The molecule has 0 unspecified atom stereocenters. The van der Waals surface area contributed by atoms with Crippen LogP contribution in [0.4, 0.5) is 17.1 Å². The number of fused-ring (bicyclic) bond motifs is 1. The van der Waals surface area contributed by atoms with E-state index in [1.54, 1.807) is 0 Å². The van der Waals surface area contributed by atoms with Crippen LogP contribution in [-0.4, -0.2) is 0 Å². The summed E-state index contributed by atoms with van der Waals surface area (Å²) in [5, 5.41) is 3.38. The summed E-state index contributed by atoms with van der Waals surface area (Å²) in [6.07, 6.45) is 3.69. The van der Waals surface area contributed by atoms with Crippen molar-refractivity contribution in [1.82, 2.24) is 0 Å². The van der Waals surface area contributed by atoms with Gasteiger partial charge in [-0.05, 0) is 60.7 Å². The van der Waals surface area contributed by atoms with Crippen LogP contribution in [0.15, 0.2) is 40.9 Å². The van der Waals surface area contributed by atoms with E-state index >= 15 is 0 Å². The minimum atomic E-state index is 0.755. The molecule has 2 aromatic rings. The van der Waals surface area contributed by atoms with Gasteiger partial charge in [0, 0.05) is 10.2 Å². The van der Waals surface area contributed by atoms with Gasteiger partial charge in [0.2, 0.25) is 0 Å². The van der Waals surface area contributed by atoms with Crippen molar-refractivity contribution >= 4 is 33.0 Å². The summed E-state index contributed by atoms with van der Waals surface area (Å²) in [5.41, 5.74) is 11.8. The van der Waals surface area contributed by atoms with Crippen LogP contribution in [-0.2, 0) is 12.8 Å². The maximum Gasteiger partial charge on any atom is 0.0618 e. The lowest BCUT2D eigenvalue weighted by Crippen LogP contribution is -1.97. The number of nitrogens with two attached hydrogens (primary N) is 1. The first kappa shape index (κ1) is 11.6. The van der Waals surface area contributed by atoms with Gasteiger partial charge in [0.15, 0.2) is 0 Å². The van der Waals surface area contributed by atoms with E-state index in [-0.39, 0.29) is 0 Å². The number of hydrogen-bond donors (Lipinski definition) is 2. The Morgan fingerprint density at radius 1 is 1.00 bits per heavy atom. The summed E-state index contributed by atoms with van der Waals surface area (Å²) < 4.78 is 1.000. The highest BCUT2D eigenvalue weighted by Crippen LogP contribution is 2.29. The molecule has 0 saturated heterocycles. The van der Waals surface area contributed by atoms with Crippen molar-refractivity contribution < 1.29 is 0 Å². The van der Waals surface area contributed by atoms with Crippen LogP contribution in [0.5, 0.6) is 0 Å². The number of rotatable bonds is 2. The highest BCUT2D eigenvalue weighted by atomic mass is 79.9. The minimum absolute atomic E-state index is 0.755. The molecule has 0 radical (unpaired) electrons. The third-order valence-corrected chi connectivity index (χ3v) is 3.88. The largest absolute Gasteiger partial charge is 0.397 e. The van der Waals surface area contributed by atoms with Crippen LogP contribution in [0.25, 0.3) is 0 Å². The number of hydrogen-bond acceptors (Lipinski definition) is 2. The Bertz CT molecular complexity index is 593. The second-order valence-electron chi connectivity index (χ2n) is 4.69. The van der Waals surface area contributed by atoms with Crippen molar-refractivity contribution in [2.24, 2.45) is 0 Å². The first-order chi connectivity index (χ1) is 8.72. The molecule has 3 heteroatoms. The van der Waals surface area contributed by atoms with E-state index < -0.39 is 0 Å². The van der Waals surface area contributed by atoms with Crippen LogP contribution >= 0.6 is 15.9 Å². The van der Waals surface area contributed by atoms with Crippen molar-refractivity contribution in [3.8, 4) is 0 Å². The van der Waals surface area contributed by atoms with E-state index in [9.17, 15) is 0 Å². The molecule has 3 rings (SSSR count). The topological polar surface area (TPSA) is 38.0 Å². The molecule has 18 heavy (non-hydrogen) atoms. The SMILES string of the molecule is Nc1cc(Br)ccc1Nc1ccc2c(c1)CCC2. The predicted octanol–water partition coefficient (Wildman–Crippen LogP) is 4.26. The smallest absolute Gasteiger partial charge is 0.0618 e. The molecule has 0 aliphatic heterocycles. The molecule has 92 valence electrons. The third-order valence-electron chi connectivity index (χ3n) is 3.39. The van der Waals surface area contributed by atoms with E-state index in [0.717, 1.165) is 21.5 Å². The van der Waals surface area contributed by atoms with Crippen LogP contribution in [0.1, 0.15) is 17.5 Å². The zero-order valence-electron chi connectivity index (χ0n) is 10.0. The highest BCUT2D eigenvalue weighted by molar-refractivity contribution is 9.10. The molecule has 0 spiro atoms. The molecule has 0 bridgehead atoms. The van der Waals surface area contributed by atoms with Crippen molar-refractivity contribution in [1.29, 1.82) is 0 Å². The fraction of sp³-hybridized carbons (Fsp3) is 0.200. The summed E-state index contributed by atoms with van der Waals surface area (Å²) in [4.78, 5) is 0. The van der Waals surface area contributed by atoms with Crippen LogP contribution in [0, 0.1) is 0 Å². The molecule has 0 atom stereocenters. The fourth-order valence-electron chi connectivity index (χ4n) is 2.45. The number of aryl methyl sites for hydroxylation is 2. The molecule has 1 aliphatic carbocycles. The number of anilines is 3. The Morgan fingerprint density at radius 3 is 2.67 bits per heavy atom. The average molecular weight is 303 g/mol. The summed E-state index contributed by atoms with van der Waals surface area (Å²) in [6.45, 7) is 0. The van der Waals surface area contributed by atoms with Crippen LogP contribution in [0.3, 0.4) is 0 Å².